The third kappa shape index (κ3) is 5.92. The highest BCUT2D eigenvalue weighted by Crippen LogP contribution is 2.38. The summed E-state index contributed by atoms with van der Waals surface area (Å²) in [5.74, 6) is 0.423. The fraction of sp³-hybridized carbons (Fsp3) is 0.219. The maximum Gasteiger partial charge on any atom is 0.257 e. The molecular formula is C32H31N3O3. The van der Waals surface area contributed by atoms with E-state index in [1.54, 1.807) is 6.20 Å². The van der Waals surface area contributed by atoms with E-state index in [1.165, 1.54) is 5.56 Å². The van der Waals surface area contributed by atoms with E-state index in [0.717, 1.165) is 28.8 Å². The Labute approximate surface area is 223 Å². The van der Waals surface area contributed by atoms with Crippen molar-refractivity contribution in [2.45, 2.75) is 25.8 Å². The summed E-state index contributed by atoms with van der Waals surface area (Å²) < 4.78 is 5.89. The molecule has 1 aliphatic heterocycles. The molecule has 0 saturated carbocycles. The normalized spacial score (nSPS) is 14.4. The van der Waals surface area contributed by atoms with Gasteiger partial charge in [0.1, 0.15) is 5.75 Å². The maximum atomic E-state index is 13.6. The van der Waals surface area contributed by atoms with E-state index in [4.69, 9.17) is 4.74 Å². The number of carbonyl (C=O) groups is 2. The summed E-state index contributed by atoms with van der Waals surface area (Å²) in [6.07, 6.45) is 3.16. The summed E-state index contributed by atoms with van der Waals surface area (Å²) >= 11 is 0. The van der Waals surface area contributed by atoms with E-state index in [-0.39, 0.29) is 24.5 Å². The van der Waals surface area contributed by atoms with Crippen molar-refractivity contribution in [3.63, 3.8) is 0 Å². The largest absolute Gasteiger partial charge is 0.484 e. The van der Waals surface area contributed by atoms with Crippen molar-refractivity contribution in [2.75, 3.05) is 19.7 Å². The average Bonchev–Trinajstić information content (AvgIpc) is 2.96. The standard InChI is InChI=1S/C32H31N3O3/c1-23-8-7-11-26(20-23)31-29-21-28(38-22-30(36)34-18-15-27-12-5-6-17-33-27)14-13-24(29)16-19-35(31)32(37)25-9-3-2-4-10-25/h2-14,17,20-21,31H,15-16,18-19,22H2,1H3,(H,34,36)/t31-/m0/s1. The zero-order valence-electron chi connectivity index (χ0n) is 21.5. The molecule has 5 rings (SSSR count). The monoisotopic (exact) mass is 505 g/mol. The predicted octanol–water partition coefficient (Wildman–Crippen LogP) is 4.92. The number of aromatic nitrogens is 1. The van der Waals surface area contributed by atoms with Gasteiger partial charge >= 0.3 is 0 Å². The van der Waals surface area contributed by atoms with Crippen LogP contribution in [0.25, 0.3) is 0 Å². The van der Waals surface area contributed by atoms with E-state index in [9.17, 15) is 9.59 Å². The molecule has 1 aromatic heterocycles. The first-order valence-electron chi connectivity index (χ1n) is 12.9. The number of rotatable bonds is 8. The van der Waals surface area contributed by atoms with Crippen LogP contribution in [0.3, 0.4) is 0 Å². The first-order valence-corrected chi connectivity index (χ1v) is 12.9. The van der Waals surface area contributed by atoms with Crippen LogP contribution in [0.4, 0.5) is 0 Å². The summed E-state index contributed by atoms with van der Waals surface area (Å²) in [6.45, 7) is 3.10. The number of hydrogen-bond donors (Lipinski definition) is 1. The molecule has 38 heavy (non-hydrogen) atoms. The van der Waals surface area contributed by atoms with Crippen LogP contribution >= 0.6 is 0 Å². The molecule has 0 spiro atoms. The molecule has 0 aliphatic carbocycles. The van der Waals surface area contributed by atoms with Gasteiger partial charge in [-0.2, -0.15) is 0 Å². The number of amides is 2. The summed E-state index contributed by atoms with van der Waals surface area (Å²) in [6, 6.07) is 29.1. The number of aryl methyl sites for hydroxylation is 1. The first kappa shape index (κ1) is 25.2. The van der Waals surface area contributed by atoms with Crippen LogP contribution in [0.2, 0.25) is 0 Å². The van der Waals surface area contributed by atoms with Crippen molar-refractivity contribution in [3.05, 3.63) is 131 Å². The van der Waals surface area contributed by atoms with E-state index < -0.39 is 0 Å². The molecule has 6 heteroatoms. The molecule has 0 unspecified atom stereocenters. The Morgan fingerprint density at radius 1 is 0.974 bits per heavy atom. The quantitative estimate of drug-likeness (QED) is 0.369. The van der Waals surface area contributed by atoms with Gasteiger partial charge in [0.15, 0.2) is 6.61 Å². The SMILES string of the molecule is Cc1cccc([C@H]2c3cc(OCC(=O)NCCc4ccccn4)ccc3CCN2C(=O)c2ccccc2)c1. The van der Waals surface area contributed by atoms with Crippen molar-refractivity contribution in [1.82, 2.24) is 15.2 Å². The molecule has 6 nitrogen and oxygen atoms in total. The zero-order chi connectivity index (χ0) is 26.3. The number of nitrogens with one attached hydrogen (secondary N) is 1. The van der Waals surface area contributed by atoms with Gasteiger partial charge in [-0.1, -0.05) is 60.2 Å². The molecule has 2 heterocycles. The van der Waals surface area contributed by atoms with E-state index in [2.05, 4.69) is 41.5 Å². The fourth-order valence-electron chi connectivity index (χ4n) is 4.92. The van der Waals surface area contributed by atoms with Crippen molar-refractivity contribution in [2.24, 2.45) is 0 Å². The highest BCUT2D eigenvalue weighted by Gasteiger charge is 2.33. The van der Waals surface area contributed by atoms with Gasteiger partial charge in [0.2, 0.25) is 0 Å². The van der Waals surface area contributed by atoms with Gasteiger partial charge in [-0.05, 0) is 66.4 Å². The third-order valence-electron chi connectivity index (χ3n) is 6.78. The number of carbonyl (C=O) groups excluding carboxylic acids is 2. The molecule has 192 valence electrons. The van der Waals surface area contributed by atoms with Crippen LogP contribution in [-0.4, -0.2) is 41.4 Å². The molecule has 4 aromatic rings. The zero-order valence-corrected chi connectivity index (χ0v) is 21.5. The Hall–Kier alpha value is -4.45. The van der Waals surface area contributed by atoms with Crippen molar-refractivity contribution >= 4 is 11.8 Å². The smallest absolute Gasteiger partial charge is 0.257 e. The van der Waals surface area contributed by atoms with Crippen LogP contribution in [-0.2, 0) is 17.6 Å². The van der Waals surface area contributed by atoms with Gasteiger partial charge in [-0.15, -0.1) is 0 Å². The molecule has 3 aromatic carbocycles. The molecule has 0 radical (unpaired) electrons. The number of fused-ring (bicyclic) bond motifs is 1. The Morgan fingerprint density at radius 3 is 2.61 bits per heavy atom. The van der Waals surface area contributed by atoms with Crippen molar-refractivity contribution < 1.29 is 14.3 Å². The summed E-state index contributed by atoms with van der Waals surface area (Å²) in [7, 11) is 0. The Balaban J connectivity index is 1.34. The average molecular weight is 506 g/mol. The molecule has 1 aliphatic rings. The van der Waals surface area contributed by atoms with Crippen LogP contribution in [0.1, 0.15) is 44.3 Å². The number of benzene rings is 3. The minimum absolute atomic E-state index is 0.00126. The van der Waals surface area contributed by atoms with Crippen LogP contribution in [0.5, 0.6) is 5.75 Å². The highest BCUT2D eigenvalue weighted by molar-refractivity contribution is 5.95. The van der Waals surface area contributed by atoms with Gasteiger partial charge in [0.05, 0.1) is 6.04 Å². The highest BCUT2D eigenvalue weighted by atomic mass is 16.5. The third-order valence-corrected chi connectivity index (χ3v) is 6.78. The predicted molar refractivity (Wildman–Crippen MR) is 147 cm³/mol. The van der Waals surface area contributed by atoms with E-state index >= 15 is 0 Å². The van der Waals surface area contributed by atoms with Gasteiger partial charge in [-0.3, -0.25) is 14.6 Å². The molecule has 1 atom stereocenters. The van der Waals surface area contributed by atoms with Crippen molar-refractivity contribution in [1.29, 1.82) is 0 Å². The second-order valence-corrected chi connectivity index (χ2v) is 9.50. The Kier molecular flexibility index (Phi) is 7.78. The van der Waals surface area contributed by atoms with Gasteiger partial charge in [0.25, 0.3) is 11.8 Å². The molecule has 1 N–H and O–H groups in total. The minimum Gasteiger partial charge on any atom is -0.484 e. The number of hydrogen-bond acceptors (Lipinski definition) is 4. The van der Waals surface area contributed by atoms with Crippen LogP contribution < -0.4 is 10.1 Å². The maximum absolute atomic E-state index is 13.6. The second kappa shape index (κ2) is 11.7. The topological polar surface area (TPSA) is 71.5 Å². The molecule has 0 fully saturated rings. The lowest BCUT2D eigenvalue weighted by Crippen LogP contribution is -2.40. The van der Waals surface area contributed by atoms with Crippen LogP contribution in [0, 0.1) is 6.92 Å². The fourth-order valence-corrected chi connectivity index (χ4v) is 4.92. The Bertz CT molecular complexity index is 1410. The summed E-state index contributed by atoms with van der Waals surface area (Å²) in [5, 5.41) is 2.89. The molecular weight excluding hydrogens is 474 g/mol. The first-order chi connectivity index (χ1) is 18.6. The lowest BCUT2D eigenvalue weighted by atomic mass is 9.87. The molecule has 0 bridgehead atoms. The minimum atomic E-state index is -0.248. The van der Waals surface area contributed by atoms with Crippen molar-refractivity contribution in [3.8, 4) is 5.75 Å². The van der Waals surface area contributed by atoms with E-state index in [1.807, 2.05) is 71.6 Å². The molecule has 2 amide bonds. The van der Waals surface area contributed by atoms with E-state index in [0.29, 0.717) is 30.8 Å². The Morgan fingerprint density at radius 2 is 1.82 bits per heavy atom. The van der Waals surface area contributed by atoms with Gasteiger partial charge in [0, 0.05) is 37.0 Å². The van der Waals surface area contributed by atoms with Crippen LogP contribution in [0.15, 0.2) is 97.2 Å². The second-order valence-electron chi connectivity index (χ2n) is 9.50. The molecule has 0 saturated heterocycles. The lowest BCUT2D eigenvalue weighted by molar-refractivity contribution is -0.123. The summed E-state index contributed by atoms with van der Waals surface area (Å²) in [5.41, 5.74) is 6.00. The lowest BCUT2D eigenvalue weighted by Gasteiger charge is -2.38. The van der Waals surface area contributed by atoms with Gasteiger partial charge in [-0.25, -0.2) is 0 Å². The number of ether oxygens (including phenoxy) is 1. The summed E-state index contributed by atoms with van der Waals surface area (Å²) in [4.78, 5) is 32.2. The number of nitrogens with zero attached hydrogens (tertiary/aromatic N) is 2. The number of pyridine rings is 1. The van der Waals surface area contributed by atoms with Gasteiger partial charge < -0.3 is 15.0 Å².